The number of thioether (sulfide) groups is 1. The van der Waals surface area contributed by atoms with Gasteiger partial charge in [-0.15, -0.1) is 10.2 Å². The molecule has 0 aliphatic carbocycles. The summed E-state index contributed by atoms with van der Waals surface area (Å²) in [7, 11) is 1.92. The Kier molecular flexibility index (Phi) is 3.54. The van der Waals surface area contributed by atoms with Gasteiger partial charge >= 0.3 is 0 Å². The zero-order chi connectivity index (χ0) is 12.4. The van der Waals surface area contributed by atoms with Crippen molar-refractivity contribution in [3.8, 4) is 0 Å². The summed E-state index contributed by atoms with van der Waals surface area (Å²) in [6.45, 7) is 1.91. The van der Waals surface area contributed by atoms with Crippen LogP contribution in [0.5, 0.6) is 0 Å². The van der Waals surface area contributed by atoms with E-state index in [1.54, 1.807) is 12.1 Å². The van der Waals surface area contributed by atoms with Gasteiger partial charge in [0, 0.05) is 12.8 Å². The number of hydrogen-bond acceptors (Lipinski definition) is 5. The fourth-order valence-electron chi connectivity index (χ4n) is 1.25. The first kappa shape index (κ1) is 12.2. The summed E-state index contributed by atoms with van der Waals surface area (Å²) >= 11 is 7.56. The molecule has 0 spiro atoms. The molecule has 0 saturated heterocycles. The highest BCUT2D eigenvalue weighted by atomic mass is 35.5. The van der Waals surface area contributed by atoms with Crippen molar-refractivity contribution in [1.82, 2.24) is 19.7 Å². The highest BCUT2D eigenvalue weighted by molar-refractivity contribution is 7.98. The maximum atomic E-state index is 6.03. The van der Waals surface area contributed by atoms with E-state index in [2.05, 4.69) is 15.2 Å². The van der Waals surface area contributed by atoms with E-state index in [9.17, 15) is 0 Å². The summed E-state index contributed by atoms with van der Waals surface area (Å²) in [5.41, 5.74) is 6.38. The molecule has 0 saturated carbocycles. The fourth-order valence-corrected chi connectivity index (χ4v) is 2.41. The van der Waals surface area contributed by atoms with E-state index >= 15 is 0 Å². The van der Waals surface area contributed by atoms with E-state index in [0.717, 1.165) is 16.7 Å². The Morgan fingerprint density at radius 3 is 2.82 bits per heavy atom. The van der Waals surface area contributed by atoms with Gasteiger partial charge in [0.2, 0.25) is 0 Å². The molecule has 0 aromatic carbocycles. The largest absolute Gasteiger partial charge is 0.384 e. The number of aromatic nitrogens is 4. The molecule has 0 bridgehead atoms. The van der Waals surface area contributed by atoms with Crippen LogP contribution in [0.1, 0.15) is 11.5 Å². The molecule has 0 fully saturated rings. The molecule has 90 valence electrons. The average molecular weight is 270 g/mol. The van der Waals surface area contributed by atoms with Crippen LogP contribution in [-0.2, 0) is 12.8 Å². The molecule has 2 rings (SSSR count). The van der Waals surface area contributed by atoms with Crippen LogP contribution in [0.2, 0.25) is 5.02 Å². The van der Waals surface area contributed by atoms with Crippen LogP contribution in [0, 0.1) is 6.92 Å². The first-order valence-corrected chi connectivity index (χ1v) is 6.34. The van der Waals surface area contributed by atoms with Gasteiger partial charge in [-0.3, -0.25) is 0 Å². The summed E-state index contributed by atoms with van der Waals surface area (Å²) in [6, 6.07) is 3.44. The number of halogens is 1. The molecular formula is C10H12ClN5S. The van der Waals surface area contributed by atoms with Crippen molar-refractivity contribution in [1.29, 1.82) is 0 Å². The Hall–Kier alpha value is -1.27. The van der Waals surface area contributed by atoms with E-state index in [0.29, 0.717) is 16.6 Å². The Morgan fingerprint density at radius 1 is 1.41 bits per heavy atom. The van der Waals surface area contributed by atoms with Crippen LogP contribution < -0.4 is 5.73 Å². The number of anilines is 1. The van der Waals surface area contributed by atoms with Gasteiger partial charge in [0.1, 0.15) is 11.6 Å². The summed E-state index contributed by atoms with van der Waals surface area (Å²) in [4.78, 5) is 4.19. The molecule has 5 nitrogen and oxygen atoms in total. The Bertz CT molecular complexity index is 539. The van der Waals surface area contributed by atoms with Crippen molar-refractivity contribution in [2.24, 2.45) is 7.05 Å². The topological polar surface area (TPSA) is 69.6 Å². The predicted octanol–water partition coefficient (Wildman–Crippen LogP) is 2.05. The highest BCUT2D eigenvalue weighted by Crippen LogP contribution is 2.24. The van der Waals surface area contributed by atoms with Crippen molar-refractivity contribution in [2.75, 3.05) is 5.73 Å². The maximum absolute atomic E-state index is 6.03. The molecule has 2 aromatic heterocycles. The summed E-state index contributed by atoms with van der Waals surface area (Å²) in [5.74, 6) is 1.97. The average Bonchev–Trinajstić information content (AvgIpc) is 2.62. The standard InChI is InChI=1S/C10H12ClN5S/c1-6-14-15-10(16(6)2)17-5-8-7(11)3-4-9(12)13-8/h3-4H,5H2,1-2H3,(H2,12,13). The Labute approximate surface area is 108 Å². The normalized spacial score (nSPS) is 10.8. The third kappa shape index (κ3) is 2.70. The Balaban J connectivity index is 2.12. The van der Waals surface area contributed by atoms with Gasteiger partial charge in [0.05, 0.1) is 10.7 Å². The van der Waals surface area contributed by atoms with Crippen molar-refractivity contribution >= 4 is 29.2 Å². The number of nitrogen functional groups attached to an aromatic ring is 1. The molecule has 2 aromatic rings. The van der Waals surface area contributed by atoms with Gasteiger partial charge in [0.15, 0.2) is 5.16 Å². The zero-order valence-electron chi connectivity index (χ0n) is 9.51. The fraction of sp³-hybridized carbons (Fsp3) is 0.300. The van der Waals surface area contributed by atoms with Crippen molar-refractivity contribution in [3.63, 3.8) is 0 Å². The highest BCUT2D eigenvalue weighted by Gasteiger charge is 2.08. The first-order valence-electron chi connectivity index (χ1n) is 4.97. The van der Waals surface area contributed by atoms with Gasteiger partial charge in [-0.05, 0) is 19.1 Å². The summed E-state index contributed by atoms with van der Waals surface area (Å²) in [6.07, 6.45) is 0. The molecule has 17 heavy (non-hydrogen) atoms. The predicted molar refractivity (Wildman–Crippen MR) is 69.0 cm³/mol. The second kappa shape index (κ2) is 4.93. The lowest BCUT2D eigenvalue weighted by Crippen LogP contribution is -1.97. The minimum absolute atomic E-state index is 0.471. The number of nitrogens with zero attached hydrogens (tertiary/aromatic N) is 4. The third-order valence-corrected chi connectivity index (χ3v) is 3.71. The Morgan fingerprint density at radius 2 is 2.18 bits per heavy atom. The lowest BCUT2D eigenvalue weighted by Gasteiger charge is -2.04. The molecule has 0 radical (unpaired) electrons. The first-order chi connectivity index (χ1) is 8.08. The molecule has 0 atom stereocenters. The lowest BCUT2D eigenvalue weighted by molar-refractivity contribution is 0.765. The van der Waals surface area contributed by atoms with E-state index in [1.165, 1.54) is 11.8 Å². The molecule has 0 amide bonds. The summed E-state index contributed by atoms with van der Waals surface area (Å²) < 4.78 is 1.92. The van der Waals surface area contributed by atoms with Crippen LogP contribution >= 0.6 is 23.4 Å². The number of hydrogen-bond donors (Lipinski definition) is 1. The third-order valence-electron chi connectivity index (χ3n) is 2.33. The maximum Gasteiger partial charge on any atom is 0.191 e. The molecule has 0 unspecified atom stereocenters. The van der Waals surface area contributed by atoms with E-state index in [4.69, 9.17) is 17.3 Å². The number of nitrogens with two attached hydrogens (primary N) is 1. The van der Waals surface area contributed by atoms with Crippen LogP contribution in [0.15, 0.2) is 17.3 Å². The van der Waals surface area contributed by atoms with Crippen LogP contribution in [-0.4, -0.2) is 19.7 Å². The number of rotatable bonds is 3. The smallest absolute Gasteiger partial charge is 0.191 e. The van der Waals surface area contributed by atoms with Gasteiger partial charge in [-0.2, -0.15) is 0 Å². The molecule has 2 heterocycles. The molecule has 2 N–H and O–H groups in total. The minimum Gasteiger partial charge on any atom is -0.384 e. The van der Waals surface area contributed by atoms with Crippen LogP contribution in [0.4, 0.5) is 5.82 Å². The summed E-state index contributed by atoms with van der Waals surface area (Å²) in [5, 5.41) is 9.49. The van der Waals surface area contributed by atoms with Gasteiger partial charge < -0.3 is 10.3 Å². The van der Waals surface area contributed by atoms with Crippen LogP contribution in [0.3, 0.4) is 0 Å². The van der Waals surface area contributed by atoms with Gasteiger partial charge in [-0.25, -0.2) is 4.98 Å². The van der Waals surface area contributed by atoms with E-state index in [-0.39, 0.29) is 0 Å². The van der Waals surface area contributed by atoms with Gasteiger partial charge in [0.25, 0.3) is 0 Å². The minimum atomic E-state index is 0.471. The molecular weight excluding hydrogens is 258 g/mol. The van der Waals surface area contributed by atoms with Crippen LogP contribution in [0.25, 0.3) is 0 Å². The van der Waals surface area contributed by atoms with E-state index in [1.807, 2.05) is 18.5 Å². The molecule has 0 aliphatic rings. The zero-order valence-corrected chi connectivity index (χ0v) is 11.1. The van der Waals surface area contributed by atoms with Crippen molar-refractivity contribution in [2.45, 2.75) is 17.8 Å². The number of pyridine rings is 1. The quantitative estimate of drug-likeness (QED) is 0.864. The SMILES string of the molecule is Cc1nnc(SCc2nc(N)ccc2Cl)n1C. The monoisotopic (exact) mass is 269 g/mol. The second-order valence-corrected chi connectivity index (χ2v) is 4.89. The van der Waals surface area contributed by atoms with Crippen molar-refractivity contribution < 1.29 is 0 Å². The van der Waals surface area contributed by atoms with Gasteiger partial charge in [-0.1, -0.05) is 23.4 Å². The lowest BCUT2D eigenvalue weighted by atomic mass is 10.4. The molecule has 0 aliphatic heterocycles. The van der Waals surface area contributed by atoms with Crippen molar-refractivity contribution in [3.05, 3.63) is 28.7 Å². The second-order valence-electron chi connectivity index (χ2n) is 3.54. The number of aryl methyl sites for hydroxylation is 1. The van der Waals surface area contributed by atoms with E-state index < -0.39 is 0 Å². The molecule has 7 heteroatoms.